The first-order valence-electron chi connectivity index (χ1n) is 7.32. The van der Waals surface area contributed by atoms with Gasteiger partial charge < -0.3 is 9.32 Å². The van der Waals surface area contributed by atoms with Crippen LogP contribution >= 0.6 is 0 Å². The van der Waals surface area contributed by atoms with E-state index in [1.165, 1.54) is 5.56 Å². The summed E-state index contributed by atoms with van der Waals surface area (Å²) in [4.78, 5) is 2.46. The summed E-state index contributed by atoms with van der Waals surface area (Å²) in [5, 5.41) is 8.44. The molecule has 4 heteroatoms. The molecule has 2 heterocycles. The lowest BCUT2D eigenvalue weighted by Crippen LogP contribution is -2.27. The van der Waals surface area contributed by atoms with Gasteiger partial charge in [0.15, 0.2) is 0 Å². The quantitative estimate of drug-likeness (QED) is 0.857. The van der Waals surface area contributed by atoms with Crippen LogP contribution in [0.1, 0.15) is 43.5 Å². The van der Waals surface area contributed by atoms with E-state index < -0.39 is 0 Å². The van der Waals surface area contributed by atoms with Crippen LogP contribution < -0.4 is 0 Å². The van der Waals surface area contributed by atoms with Crippen LogP contribution in [-0.4, -0.2) is 34.2 Å². The maximum atomic E-state index is 5.85. The summed E-state index contributed by atoms with van der Waals surface area (Å²) in [6.07, 6.45) is 1.83. The van der Waals surface area contributed by atoms with E-state index in [1.807, 2.05) is 18.2 Å². The first-order chi connectivity index (χ1) is 9.72. The summed E-state index contributed by atoms with van der Waals surface area (Å²) >= 11 is 0. The Morgan fingerprint density at radius 1 is 1.25 bits per heavy atom. The summed E-state index contributed by atoms with van der Waals surface area (Å²) in [6.45, 7) is 6.62. The summed E-state index contributed by atoms with van der Waals surface area (Å²) in [7, 11) is 0. The van der Waals surface area contributed by atoms with Crippen molar-refractivity contribution in [1.29, 1.82) is 0 Å². The Morgan fingerprint density at radius 3 is 2.75 bits per heavy atom. The molecule has 2 aromatic rings. The van der Waals surface area contributed by atoms with Gasteiger partial charge in [-0.25, -0.2) is 0 Å². The van der Waals surface area contributed by atoms with Crippen molar-refractivity contribution in [2.75, 3.05) is 13.1 Å². The van der Waals surface area contributed by atoms with Crippen LogP contribution in [0.2, 0.25) is 0 Å². The Bertz CT molecular complexity index is 550. The van der Waals surface area contributed by atoms with Crippen LogP contribution in [0.5, 0.6) is 0 Å². The second kappa shape index (κ2) is 5.75. The normalized spacial score (nSPS) is 19.9. The third-order valence-corrected chi connectivity index (χ3v) is 3.98. The summed E-state index contributed by atoms with van der Waals surface area (Å²) < 4.78 is 5.85. The minimum atomic E-state index is 0.398. The third kappa shape index (κ3) is 2.90. The van der Waals surface area contributed by atoms with E-state index in [4.69, 9.17) is 4.42 Å². The van der Waals surface area contributed by atoms with Crippen LogP contribution in [0.4, 0.5) is 0 Å². The number of likely N-dealkylation sites (tertiary alicyclic amines) is 1. The number of rotatable bonds is 4. The van der Waals surface area contributed by atoms with Gasteiger partial charge >= 0.3 is 0 Å². The molecule has 0 bridgehead atoms. The van der Waals surface area contributed by atoms with Crippen molar-refractivity contribution in [3.63, 3.8) is 0 Å². The molecular weight excluding hydrogens is 250 g/mol. The number of aromatic nitrogens is 2. The highest BCUT2D eigenvalue weighted by Crippen LogP contribution is 2.27. The van der Waals surface area contributed by atoms with E-state index in [2.05, 4.69) is 41.1 Å². The van der Waals surface area contributed by atoms with Gasteiger partial charge in [-0.05, 0) is 32.4 Å². The standard InChI is InChI=1S/C16H21N3O/c1-12(2)19-9-8-14(11-19)16-18-17-15(20-16)10-13-6-4-3-5-7-13/h3-7,12,14H,8-11H2,1-2H3. The molecule has 1 atom stereocenters. The van der Waals surface area contributed by atoms with E-state index in [0.29, 0.717) is 24.3 Å². The van der Waals surface area contributed by atoms with Crippen molar-refractivity contribution in [3.05, 3.63) is 47.7 Å². The molecule has 1 unspecified atom stereocenters. The van der Waals surface area contributed by atoms with Crippen molar-refractivity contribution in [3.8, 4) is 0 Å². The fourth-order valence-corrected chi connectivity index (χ4v) is 2.73. The van der Waals surface area contributed by atoms with Crippen molar-refractivity contribution in [1.82, 2.24) is 15.1 Å². The first-order valence-corrected chi connectivity index (χ1v) is 7.32. The largest absolute Gasteiger partial charge is 0.425 e. The van der Waals surface area contributed by atoms with E-state index in [1.54, 1.807) is 0 Å². The van der Waals surface area contributed by atoms with Crippen LogP contribution in [-0.2, 0) is 6.42 Å². The van der Waals surface area contributed by atoms with E-state index in [0.717, 1.165) is 25.4 Å². The van der Waals surface area contributed by atoms with Crippen LogP contribution in [0.25, 0.3) is 0 Å². The monoisotopic (exact) mass is 271 g/mol. The van der Waals surface area contributed by atoms with Crippen LogP contribution in [0.3, 0.4) is 0 Å². The lowest BCUT2D eigenvalue weighted by Gasteiger charge is -2.19. The minimum Gasteiger partial charge on any atom is -0.425 e. The molecule has 1 aromatic carbocycles. The van der Waals surface area contributed by atoms with Gasteiger partial charge in [-0.1, -0.05) is 30.3 Å². The fraction of sp³-hybridized carbons (Fsp3) is 0.500. The number of nitrogens with zero attached hydrogens (tertiary/aromatic N) is 3. The van der Waals surface area contributed by atoms with Crippen molar-refractivity contribution in [2.24, 2.45) is 0 Å². The molecule has 4 nitrogen and oxygen atoms in total. The zero-order valence-corrected chi connectivity index (χ0v) is 12.1. The molecule has 1 aliphatic heterocycles. The van der Waals surface area contributed by atoms with Gasteiger partial charge in [-0.2, -0.15) is 0 Å². The molecule has 0 N–H and O–H groups in total. The minimum absolute atomic E-state index is 0.398. The molecule has 0 spiro atoms. The van der Waals surface area contributed by atoms with Crippen molar-refractivity contribution >= 4 is 0 Å². The van der Waals surface area contributed by atoms with Gasteiger partial charge in [0.1, 0.15) is 0 Å². The fourth-order valence-electron chi connectivity index (χ4n) is 2.73. The zero-order chi connectivity index (χ0) is 13.9. The molecule has 20 heavy (non-hydrogen) atoms. The van der Waals surface area contributed by atoms with Crippen molar-refractivity contribution in [2.45, 2.75) is 38.6 Å². The van der Waals surface area contributed by atoms with E-state index in [9.17, 15) is 0 Å². The lowest BCUT2D eigenvalue weighted by molar-refractivity contribution is 0.268. The third-order valence-electron chi connectivity index (χ3n) is 3.98. The van der Waals surface area contributed by atoms with Gasteiger partial charge in [-0.15, -0.1) is 10.2 Å². The predicted molar refractivity (Wildman–Crippen MR) is 77.6 cm³/mol. The Kier molecular flexibility index (Phi) is 3.83. The van der Waals surface area contributed by atoms with E-state index >= 15 is 0 Å². The molecule has 1 aliphatic rings. The molecule has 106 valence electrons. The predicted octanol–water partition coefficient (Wildman–Crippen LogP) is 2.86. The van der Waals surface area contributed by atoms with Gasteiger partial charge in [0.2, 0.25) is 11.8 Å². The zero-order valence-electron chi connectivity index (χ0n) is 12.1. The SMILES string of the molecule is CC(C)N1CCC(c2nnc(Cc3ccccc3)o2)C1. The van der Waals surface area contributed by atoms with Crippen LogP contribution in [0.15, 0.2) is 34.7 Å². The lowest BCUT2D eigenvalue weighted by atomic mass is 10.1. The number of hydrogen-bond donors (Lipinski definition) is 0. The smallest absolute Gasteiger partial charge is 0.220 e. The maximum Gasteiger partial charge on any atom is 0.220 e. The summed E-state index contributed by atoms with van der Waals surface area (Å²) in [5.41, 5.74) is 1.21. The molecule has 0 amide bonds. The van der Waals surface area contributed by atoms with E-state index in [-0.39, 0.29) is 0 Å². The average molecular weight is 271 g/mol. The molecule has 0 saturated carbocycles. The highest BCUT2D eigenvalue weighted by molar-refractivity contribution is 5.17. The van der Waals surface area contributed by atoms with Crippen LogP contribution in [0, 0.1) is 0 Å². The van der Waals surface area contributed by atoms with Gasteiger partial charge in [0.05, 0.1) is 12.3 Å². The average Bonchev–Trinajstić information content (AvgIpc) is 3.08. The van der Waals surface area contributed by atoms with Gasteiger partial charge in [0.25, 0.3) is 0 Å². The van der Waals surface area contributed by atoms with Crippen molar-refractivity contribution < 1.29 is 4.42 Å². The second-order valence-electron chi connectivity index (χ2n) is 5.77. The van der Waals surface area contributed by atoms with Gasteiger partial charge in [-0.3, -0.25) is 0 Å². The molecule has 1 fully saturated rings. The highest BCUT2D eigenvalue weighted by atomic mass is 16.4. The number of hydrogen-bond acceptors (Lipinski definition) is 4. The Labute approximate surface area is 119 Å². The topological polar surface area (TPSA) is 42.2 Å². The molecule has 3 rings (SSSR count). The Morgan fingerprint density at radius 2 is 2.05 bits per heavy atom. The molecule has 1 aromatic heterocycles. The Balaban J connectivity index is 1.66. The second-order valence-corrected chi connectivity index (χ2v) is 5.77. The maximum absolute atomic E-state index is 5.85. The molecular formula is C16H21N3O. The summed E-state index contributed by atoms with van der Waals surface area (Å²) in [5.74, 6) is 1.92. The molecule has 0 radical (unpaired) electrons. The first kappa shape index (κ1) is 13.3. The molecule has 1 saturated heterocycles. The highest BCUT2D eigenvalue weighted by Gasteiger charge is 2.29. The van der Waals surface area contributed by atoms with Gasteiger partial charge in [0, 0.05) is 12.6 Å². The summed E-state index contributed by atoms with van der Waals surface area (Å²) in [6, 6.07) is 10.8. The molecule has 0 aliphatic carbocycles. The number of benzene rings is 1. The Hall–Kier alpha value is -1.68.